The molecule has 182 valence electrons. The molecule has 0 spiro atoms. The van der Waals surface area contributed by atoms with Gasteiger partial charge in [0.25, 0.3) is 0 Å². The molecule has 1 atom stereocenters. The largest absolute Gasteiger partial charge is 0.464 e. The third-order valence-corrected chi connectivity index (χ3v) is 6.41. The average Bonchev–Trinajstić information content (AvgIpc) is 2.91. The fourth-order valence-electron chi connectivity index (χ4n) is 4.43. The Morgan fingerprint density at radius 1 is 0.914 bits per heavy atom. The molecule has 0 saturated carbocycles. The Morgan fingerprint density at radius 2 is 1.54 bits per heavy atom. The number of hydrogen-bond donors (Lipinski definition) is 0. The van der Waals surface area contributed by atoms with Gasteiger partial charge >= 0.3 is 5.97 Å². The van der Waals surface area contributed by atoms with Crippen molar-refractivity contribution in [3.63, 3.8) is 0 Å². The lowest BCUT2D eigenvalue weighted by Gasteiger charge is -2.37. The van der Waals surface area contributed by atoms with Gasteiger partial charge in [-0.3, -0.25) is 4.79 Å². The second kappa shape index (κ2) is 12.2. The molecule has 0 N–H and O–H groups in total. The molecule has 1 aliphatic rings. The molecule has 2 aromatic carbocycles. The van der Waals surface area contributed by atoms with Crippen LogP contribution in [0.4, 0.5) is 11.5 Å². The van der Waals surface area contributed by atoms with Crippen LogP contribution in [0.15, 0.2) is 54.6 Å². The molecule has 1 fully saturated rings. The number of anilines is 2. The van der Waals surface area contributed by atoms with Crippen molar-refractivity contribution in [3.05, 3.63) is 60.3 Å². The van der Waals surface area contributed by atoms with Crippen molar-refractivity contribution in [2.45, 2.75) is 44.9 Å². The van der Waals surface area contributed by atoms with Gasteiger partial charge in [-0.25, -0.2) is 9.97 Å². The van der Waals surface area contributed by atoms with Crippen LogP contribution in [0.3, 0.4) is 0 Å². The summed E-state index contributed by atoms with van der Waals surface area (Å²) in [5.74, 6) is -1.05. The summed E-state index contributed by atoms with van der Waals surface area (Å²) in [6.07, 6.45) is 5.30. The molecule has 2 heterocycles. The molecule has 3 aromatic rings. The van der Waals surface area contributed by atoms with Gasteiger partial charge in [-0.1, -0.05) is 62.9 Å². The van der Waals surface area contributed by atoms with Gasteiger partial charge < -0.3 is 14.5 Å². The van der Waals surface area contributed by atoms with E-state index in [0.717, 1.165) is 51.0 Å². The number of benzene rings is 2. The zero-order chi connectivity index (χ0) is 24.5. The number of nitriles is 1. The van der Waals surface area contributed by atoms with Gasteiger partial charge in [0, 0.05) is 31.9 Å². The fraction of sp³-hybridized carbons (Fsp3) is 0.429. The van der Waals surface area contributed by atoms with E-state index < -0.39 is 11.9 Å². The maximum Gasteiger partial charge on any atom is 0.329 e. The minimum atomic E-state index is -1.11. The van der Waals surface area contributed by atoms with Crippen molar-refractivity contribution < 1.29 is 9.53 Å². The van der Waals surface area contributed by atoms with Gasteiger partial charge in [0.05, 0.1) is 23.7 Å². The monoisotopic (exact) mass is 471 g/mol. The van der Waals surface area contributed by atoms with E-state index in [2.05, 4.69) is 34.9 Å². The quantitative estimate of drug-likeness (QED) is 0.301. The zero-order valence-electron chi connectivity index (χ0n) is 20.4. The summed E-state index contributed by atoms with van der Waals surface area (Å²) in [4.78, 5) is 27.0. The Morgan fingerprint density at radius 3 is 2.23 bits per heavy atom. The predicted molar refractivity (Wildman–Crippen MR) is 138 cm³/mol. The highest BCUT2D eigenvalue weighted by Crippen LogP contribution is 2.29. The number of carbonyl (C=O) groups excluding carboxylic acids is 1. The first-order valence-corrected chi connectivity index (χ1v) is 12.6. The second-order valence-electron chi connectivity index (χ2n) is 8.87. The minimum Gasteiger partial charge on any atom is -0.464 e. The van der Waals surface area contributed by atoms with E-state index in [4.69, 9.17) is 14.7 Å². The van der Waals surface area contributed by atoms with E-state index in [-0.39, 0.29) is 0 Å². The topological polar surface area (TPSA) is 82.3 Å². The van der Waals surface area contributed by atoms with E-state index in [1.165, 1.54) is 18.5 Å². The molecule has 0 aliphatic carbocycles. The third-order valence-electron chi connectivity index (χ3n) is 6.41. The number of esters is 1. The van der Waals surface area contributed by atoms with E-state index in [1.807, 2.05) is 42.5 Å². The molecule has 1 aliphatic heterocycles. The van der Waals surface area contributed by atoms with E-state index in [9.17, 15) is 10.1 Å². The zero-order valence-corrected chi connectivity index (χ0v) is 20.4. The van der Waals surface area contributed by atoms with Crippen LogP contribution in [0.5, 0.6) is 0 Å². The third kappa shape index (κ3) is 6.07. The van der Waals surface area contributed by atoms with Gasteiger partial charge in [-0.2, -0.15) is 5.26 Å². The molecular formula is C28H33N5O2. The molecule has 7 heteroatoms. The summed E-state index contributed by atoms with van der Waals surface area (Å²) in [6, 6.07) is 20.0. The van der Waals surface area contributed by atoms with Crippen molar-refractivity contribution in [1.82, 2.24) is 9.97 Å². The lowest BCUT2D eigenvalue weighted by Crippen LogP contribution is -2.47. The van der Waals surface area contributed by atoms with E-state index in [0.29, 0.717) is 23.6 Å². The van der Waals surface area contributed by atoms with Crippen LogP contribution >= 0.6 is 0 Å². The van der Waals surface area contributed by atoms with Crippen LogP contribution < -0.4 is 9.80 Å². The van der Waals surface area contributed by atoms with Gasteiger partial charge in [0.1, 0.15) is 5.69 Å². The lowest BCUT2D eigenvalue weighted by atomic mass is 10.1. The number of nitrogens with zero attached hydrogens (tertiary/aromatic N) is 5. The minimum absolute atomic E-state index is 0.326. The molecule has 35 heavy (non-hydrogen) atoms. The first-order valence-electron chi connectivity index (χ1n) is 12.6. The highest BCUT2D eigenvalue weighted by molar-refractivity contribution is 5.85. The summed E-state index contributed by atoms with van der Waals surface area (Å²) in [5.41, 5.74) is 2.99. The normalized spacial score (nSPS) is 14.5. The summed E-state index contributed by atoms with van der Waals surface area (Å²) >= 11 is 0. The van der Waals surface area contributed by atoms with E-state index in [1.54, 1.807) is 0 Å². The lowest BCUT2D eigenvalue weighted by molar-refractivity contribution is -0.144. The summed E-state index contributed by atoms with van der Waals surface area (Å²) in [6.45, 7) is 5.57. The van der Waals surface area contributed by atoms with Crippen molar-refractivity contribution in [2.75, 3.05) is 42.6 Å². The van der Waals surface area contributed by atoms with Gasteiger partial charge in [0.15, 0.2) is 11.7 Å². The maximum atomic E-state index is 12.9. The number of fused-ring (bicyclic) bond motifs is 1. The Balaban J connectivity index is 1.53. The smallest absolute Gasteiger partial charge is 0.329 e. The molecule has 1 saturated heterocycles. The van der Waals surface area contributed by atoms with Crippen molar-refractivity contribution in [2.24, 2.45) is 0 Å². The Hall–Kier alpha value is -3.66. The fourth-order valence-corrected chi connectivity index (χ4v) is 4.43. The summed E-state index contributed by atoms with van der Waals surface area (Å²) in [5, 5.41) is 9.96. The maximum absolute atomic E-state index is 12.9. The molecule has 0 unspecified atom stereocenters. The van der Waals surface area contributed by atoms with Crippen molar-refractivity contribution in [3.8, 4) is 6.07 Å². The molecule has 7 nitrogen and oxygen atoms in total. The molecule has 0 radical (unpaired) electrons. The standard InChI is InChI=1S/C28H33N5O2/c1-2-3-4-5-11-20-35-28(34)23(21-29)26-27(31-25-15-10-9-14-24(25)30-26)33-18-16-32(17-19-33)22-12-7-6-8-13-22/h6-10,12-15,23H,2-5,11,16-20H2,1H3/t23-/m0/s1. The molecular weight excluding hydrogens is 438 g/mol. The summed E-state index contributed by atoms with van der Waals surface area (Å²) in [7, 11) is 0. The molecule has 1 aromatic heterocycles. The SMILES string of the molecule is CCCCCCCOC(=O)[C@@H](C#N)c1nc2ccccc2nc1N1CCN(c2ccccc2)CC1. The molecule has 0 amide bonds. The van der Waals surface area contributed by atoms with Crippen molar-refractivity contribution >= 4 is 28.5 Å². The second-order valence-corrected chi connectivity index (χ2v) is 8.87. The number of unbranched alkanes of at least 4 members (excludes halogenated alkanes) is 4. The predicted octanol–water partition coefficient (Wildman–Crippen LogP) is 5.08. The number of aromatic nitrogens is 2. The number of ether oxygens (including phenoxy) is 1. The molecule has 0 bridgehead atoms. The van der Waals surface area contributed by atoms with Crippen LogP contribution in [0.1, 0.15) is 50.6 Å². The van der Waals surface area contributed by atoms with Gasteiger partial charge in [0.2, 0.25) is 0 Å². The van der Waals surface area contributed by atoms with Crippen LogP contribution in [-0.4, -0.2) is 48.7 Å². The highest BCUT2D eigenvalue weighted by atomic mass is 16.5. The van der Waals surface area contributed by atoms with Crippen molar-refractivity contribution in [1.29, 1.82) is 5.26 Å². The van der Waals surface area contributed by atoms with Crippen LogP contribution in [-0.2, 0) is 9.53 Å². The number of rotatable bonds is 10. The number of hydrogen-bond acceptors (Lipinski definition) is 7. The van der Waals surface area contributed by atoms with Crippen LogP contribution in [0, 0.1) is 11.3 Å². The Bertz CT molecular complexity index is 1150. The first kappa shape index (κ1) is 24.5. The average molecular weight is 472 g/mol. The number of para-hydroxylation sites is 3. The first-order chi connectivity index (χ1) is 17.2. The number of carbonyl (C=O) groups is 1. The Kier molecular flexibility index (Phi) is 8.50. The van der Waals surface area contributed by atoms with E-state index >= 15 is 0 Å². The van der Waals surface area contributed by atoms with Gasteiger partial charge in [-0.05, 0) is 30.7 Å². The highest BCUT2D eigenvalue weighted by Gasteiger charge is 2.31. The summed E-state index contributed by atoms with van der Waals surface area (Å²) < 4.78 is 5.50. The number of piperazine rings is 1. The molecule has 4 rings (SSSR count). The van der Waals surface area contributed by atoms with Gasteiger partial charge in [-0.15, -0.1) is 0 Å². The van der Waals surface area contributed by atoms with Crippen LogP contribution in [0.2, 0.25) is 0 Å². The Labute approximate surface area is 207 Å². The van der Waals surface area contributed by atoms with Crippen LogP contribution in [0.25, 0.3) is 11.0 Å².